The second-order valence-electron chi connectivity index (χ2n) is 4.88. The molecule has 0 aliphatic carbocycles. The molecule has 1 nitrogen and oxygen atoms in total. The van der Waals surface area contributed by atoms with E-state index in [1.54, 1.807) is 0 Å². The van der Waals surface area contributed by atoms with Crippen molar-refractivity contribution in [2.45, 2.75) is 40.0 Å². The smallest absolute Gasteiger partial charge is 0.00114 e. The van der Waals surface area contributed by atoms with Gasteiger partial charge in [-0.15, -0.1) is 0 Å². The fourth-order valence-corrected chi connectivity index (χ4v) is 1.66. The maximum atomic E-state index is 3.93. The minimum absolute atomic E-state index is 0.900. The number of hydrogen-bond acceptors (Lipinski definition) is 1. The summed E-state index contributed by atoms with van der Waals surface area (Å²) in [5, 5.41) is 3.21. The first-order chi connectivity index (χ1) is 9.04. The Morgan fingerprint density at radius 3 is 2.37 bits per heavy atom. The predicted octanol–water partition coefficient (Wildman–Crippen LogP) is 4.96. The largest absolute Gasteiger partial charge is 0.319 e. The van der Waals surface area contributed by atoms with Crippen molar-refractivity contribution in [2.75, 3.05) is 13.6 Å². The van der Waals surface area contributed by atoms with Gasteiger partial charge in [0, 0.05) is 0 Å². The average molecular weight is 259 g/mol. The van der Waals surface area contributed by atoms with Crippen LogP contribution in [0.1, 0.15) is 40.0 Å². The van der Waals surface area contributed by atoms with E-state index in [1.165, 1.54) is 16.7 Å². The van der Waals surface area contributed by atoms with Gasteiger partial charge in [0.25, 0.3) is 0 Å². The Kier molecular flexibility index (Phi) is 9.82. The molecule has 1 heteroatoms. The molecule has 0 bridgehead atoms. The highest BCUT2D eigenvalue weighted by atomic mass is 14.8. The topological polar surface area (TPSA) is 12.0 Å². The Morgan fingerprint density at radius 2 is 1.84 bits per heavy atom. The normalized spacial score (nSPS) is 13.6. The molecule has 0 saturated heterocycles. The Morgan fingerprint density at radius 1 is 1.16 bits per heavy atom. The van der Waals surface area contributed by atoms with Crippen LogP contribution >= 0.6 is 0 Å². The van der Waals surface area contributed by atoms with Gasteiger partial charge in [-0.25, -0.2) is 0 Å². The molecule has 0 radical (unpaired) electrons. The molecule has 0 heterocycles. The van der Waals surface area contributed by atoms with Crippen LogP contribution in [-0.4, -0.2) is 13.6 Å². The molecule has 0 fully saturated rings. The molecule has 19 heavy (non-hydrogen) atoms. The lowest BCUT2D eigenvalue weighted by Gasteiger charge is -2.08. The van der Waals surface area contributed by atoms with E-state index >= 15 is 0 Å². The molecule has 106 valence electrons. The van der Waals surface area contributed by atoms with Gasteiger partial charge in [0.1, 0.15) is 0 Å². The molecule has 1 N–H and O–H groups in total. The fraction of sp³-hybridized carbons (Fsp3) is 0.444. The van der Waals surface area contributed by atoms with E-state index in [1.807, 2.05) is 13.1 Å². The van der Waals surface area contributed by atoms with E-state index < -0.39 is 0 Å². The highest BCUT2D eigenvalue weighted by Gasteiger charge is 1.99. The summed E-state index contributed by atoms with van der Waals surface area (Å²) in [4.78, 5) is 0. The molecular formula is C18H29N. The van der Waals surface area contributed by atoms with Gasteiger partial charge in [-0.3, -0.25) is 0 Å². The summed E-state index contributed by atoms with van der Waals surface area (Å²) in [7, 11) is 1.99. The molecule has 0 aliphatic heterocycles. The zero-order valence-electron chi connectivity index (χ0n) is 13.1. The van der Waals surface area contributed by atoms with E-state index in [4.69, 9.17) is 0 Å². The summed E-state index contributed by atoms with van der Waals surface area (Å²) >= 11 is 0. The van der Waals surface area contributed by atoms with Gasteiger partial charge in [-0.1, -0.05) is 54.2 Å². The monoisotopic (exact) mass is 259 g/mol. The first kappa shape index (κ1) is 17.7. The van der Waals surface area contributed by atoms with E-state index in [-0.39, 0.29) is 0 Å². The Hall–Kier alpha value is -1.34. The Bertz CT molecular complexity index is 380. The van der Waals surface area contributed by atoms with Crippen molar-refractivity contribution in [2.24, 2.45) is 0 Å². The molecule has 0 aromatic carbocycles. The van der Waals surface area contributed by atoms with Crippen molar-refractivity contribution in [3.63, 3.8) is 0 Å². The van der Waals surface area contributed by atoms with Gasteiger partial charge in [-0.05, 0) is 59.2 Å². The van der Waals surface area contributed by atoms with Crippen LogP contribution in [0.2, 0.25) is 0 Å². The summed E-state index contributed by atoms with van der Waals surface area (Å²) in [5.74, 6) is 0. The van der Waals surface area contributed by atoms with Crippen LogP contribution in [0.3, 0.4) is 0 Å². The molecular weight excluding hydrogens is 230 g/mol. The van der Waals surface area contributed by atoms with E-state index in [0.717, 1.165) is 31.4 Å². The van der Waals surface area contributed by atoms with Gasteiger partial charge in [0.05, 0.1) is 0 Å². The highest BCUT2D eigenvalue weighted by Crippen LogP contribution is 2.16. The molecule has 0 aromatic heterocycles. The fourth-order valence-electron chi connectivity index (χ4n) is 1.66. The molecule has 0 atom stereocenters. The van der Waals surface area contributed by atoms with Crippen LogP contribution in [0.4, 0.5) is 0 Å². The molecule has 0 saturated carbocycles. The summed E-state index contributed by atoms with van der Waals surface area (Å²) in [5.41, 5.74) is 5.27. The summed E-state index contributed by atoms with van der Waals surface area (Å²) in [6.07, 6.45) is 11.6. The number of rotatable bonds is 9. The van der Waals surface area contributed by atoms with Crippen LogP contribution in [0.15, 0.2) is 59.8 Å². The van der Waals surface area contributed by atoms with Crippen molar-refractivity contribution < 1.29 is 0 Å². The van der Waals surface area contributed by atoms with Crippen molar-refractivity contribution in [3.8, 4) is 0 Å². The highest BCUT2D eigenvalue weighted by molar-refractivity contribution is 5.30. The Balaban J connectivity index is 4.59. The minimum Gasteiger partial charge on any atom is -0.319 e. The molecule has 0 unspecified atom stereocenters. The SMILES string of the molecule is C=CC(=C)C/C=C(/C)C/C=C(CCNC)/C(C)=C\C. The van der Waals surface area contributed by atoms with Gasteiger partial charge in [-0.2, -0.15) is 0 Å². The molecule has 0 aliphatic rings. The third-order valence-electron chi connectivity index (χ3n) is 3.26. The van der Waals surface area contributed by atoms with Crippen molar-refractivity contribution in [1.29, 1.82) is 0 Å². The summed E-state index contributed by atoms with van der Waals surface area (Å²) < 4.78 is 0. The van der Waals surface area contributed by atoms with Crippen molar-refractivity contribution in [3.05, 3.63) is 59.8 Å². The predicted molar refractivity (Wildman–Crippen MR) is 88.4 cm³/mol. The summed E-state index contributed by atoms with van der Waals surface area (Å²) in [6, 6.07) is 0. The third kappa shape index (κ3) is 8.39. The summed E-state index contributed by atoms with van der Waals surface area (Å²) in [6.45, 7) is 15.1. The van der Waals surface area contributed by atoms with Crippen molar-refractivity contribution in [1.82, 2.24) is 5.32 Å². The second-order valence-corrected chi connectivity index (χ2v) is 4.88. The maximum absolute atomic E-state index is 3.93. The Labute approximate surface area is 119 Å². The van der Waals surface area contributed by atoms with Gasteiger partial charge in [0.15, 0.2) is 0 Å². The van der Waals surface area contributed by atoms with E-state index in [9.17, 15) is 0 Å². The quantitative estimate of drug-likeness (QED) is 0.456. The van der Waals surface area contributed by atoms with Crippen LogP contribution in [0, 0.1) is 0 Å². The lowest BCUT2D eigenvalue weighted by Crippen LogP contribution is -2.08. The molecule has 0 rings (SSSR count). The average Bonchev–Trinajstić information content (AvgIpc) is 2.43. The number of nitrogens with one attached hydrogen (secondary N) is 1. The molecule has 0 spiro atoms. The molecule has 0 amide bonds. The van der Waals surface area contributed by atoms with E-state index in [2.05, 4.69) is 57.5 Å². The second kappa shape index (κ2) is 10.6. The first-order valence-electron chi connectivity index (χ1n) is 6.97. The minimum atomic E-state index is 0.900. The number of allylic oxidation sites excluding steroid dienone is 7. The standard InChI is InChI=1S/C18H29N/c1-7-15(3)9-10-16(4)11-12-18(13-14-19-6)17(5)8-2/h7-8,10,12,19H,1,3,9,11,13-14H2,2,4-6H3/b16-10-,17-8-,18-12+. The first-order valence-corrected chi connectivity index (χ1v) is 6.97. The molecule has 0 aromatic rings. The van der Waals surface area contributed by atoms with Crippen LogP contribution in [0.25, 0.3) is 0 Å². The van der Waals surface area contributed by atoms with Crippen LogP contribution < -0.4 is 5.32 Å². The van der Waals surface area contributed by atoms with Crippen LogP contribution in [0.5, 0.6) is 0 Å². The van der Waals surface area contributed by atoms with Gasteiger partial charge >= 0.3 is 0 Å². The maximum Gasteiger partial charge on any atom is -0.00114 e. The lowest BCUT2D eigenvalue weighted by molar-refractivity contribution is 0.786. The van der Waals surface area contributed by atoms with Gasteiger partial charge < -0.3 is 5.32 Å². The zero-order valence-corrected chi connectivity index (χ0v) is 13.1. The third-order valence-corrected chi connectivity index (χ3v) is 3.26. The number of hydrogen-bond donors (Lipinski definition) is 1. The zero-order chi connectivity index (χ0) is 14.7. The van der Waals surface area contributed by atoms with Crippen LogP contribution in [-0.2, 0) is 0 Å². The van der Waals surface area contributed by atoms with E-state index in [0.29, 0.717) is 0 Å². The lowest BCUT2D eigenvalue weighted by atomic mass is 10.0. The van der Waals surface area contributed by atoms with Gasteiger partial charge in [0.2, 0.25) is 0 Å². The van der Waals surface area contributed by atoms with Crippen molar-refractivity contribution >= 4 is 0 Å².